The number of aromatic nitrogens is 3. The summed E-state index contributed by atoms with van der Waals surface area (Å²) < 4.78 is 7.80. The Morgan fingerprint density at radius 1 is 1.20 bits per heavy atom. The Bertz CT molecular complexity index is 879. The van der Waals surface area contributed by atoms with Gasteiger partial charge in [0.1, 0.15) is 5.52 Å². The van der Waals surface area contributed by atoms with Crippen molar-refractivity contribution in [1.29, 1.82) is 0 Å². The highest BCUT2D eigenvalue weighted by Crippen LogP contribution is 2.33. The van der Waals surface area contributed by atoms with Crippen molar-refractivity contribution in [3.05, 3.63) is 18.1 Å². The third-order valence-electron chi connectivity index (χ3n) is 6.29. The van der Waals surface area contributed by atoms with E-state index in [1.807, 2.05) is 20.4 Å². The molecule has 4 heterocycles. The molecule has 2 fully saturated rings. The van der Waals surface area contributed by atoms with E-state index in [9.17, 15) is 4.79 Å². The van der Waals surface area contributed by atoms with E-state index in [-0.39, 0.29) is 5.91 Å². The molecule has 8 heteroatoms. The SMILES string of the molecule is CC(C)n1cnc2c(N3CCOCC3)nc(C3CCN(CC(=O)N(C)C)CC3)cc21. The predicted octanol–water partition coefficient (Wildman–Crippen LogP) is 2.12. The fourth-order valence-electron chi connectivity index (χ4n) is 4.37. The van der Waals surface area contributed by atoms with Crippen LogP contribution < -0.4 is 4.90 Å². The summed E-state index contributed by atoms with van der Waals surface area (Å²) in [5.74, 6) is 1.58. The van der Waals surface area contributed by atoms with Gasteiger partial charge in [0.2, 0.25) is 5.91 Å². The highest BCUT2D eigenvalue weighted by molar-refractivity contribution is 5.87. The molecule has 0 atom stereocenters. The molecular formula is C22H34N6O2. The number of piperidine rings is 1. The fraction of sp³-hybridized carbons (Fsp3) is 0.682. The molecule has 0 aliphatic carbocycles. The fourth-order valence-corrected chi connectivity index (χ4v) is 4.37. The highest BCUT2D eigenvalue weighted by Gasteiger charge is 2.26. The van der Waals surface area contributed by atoms with Gasteiger partial charge in [-0.3, -0.25) is 9.69 Å². The largest absolute Gasteiger partial charge is 0.378 e. The van der Waals surface area contributed by atoms with Crippen molar-refractivity contribution in [3.8, 4) is 0 Å². The minimum absolute atomic E-state index is 0.170. The number of anilines is 1. The molecule has 164 valence electrons. The lowest BCUT2D eigenvalue weighted by Gasteiger charge is -2.33. The average molecular weight is 415 g/mol. The molecule has 2 saturated heterocycles. The lowest BCUT2D eigenvalue weighted by molar-refractivity contribution is -0.130. The lowest BCUT2D eigenvalue weighted by Crippen LogP contribution is -2.41. The molecule has 0 spiro atoms. The molecule has 0 radical (unpaired) electrons. The standard InChI is InChI=1S/C22H34N6O2/c1-16(2)28-15-23-21-19(28)13-18(24-22(21)27-9-11-30-12-10-27)17-5-7-26(8-6-17)14-20(29)25(3)4/h13,15-17H,5-12,14H2,1-4H3. The van der Waals surface area contributed by atoms with Gasteiger partial charge in [-0.25, -0.2) is 9.97 Å². The molecule has 0 unspecified atom stereocenters. The van der Waals surface area contributed by atoms with Gasteiger partial charge < -0.3 is 19.1 Å². The Morgan fingerprint density at radius 2 is 1.90 bits per heavy atom. The maximum atomic E-state index is 12.0. The van der Waals surface area contributed by atoms with Gasteiger partial charge in [-0.15, -0.1) is 0 Å². The normalized spacial score (nSPS) is 19.0. The maximum absolute atomic E-state index is 12.0. The van der Waals surface area contributed by atoms with Crippen LogP contribution in [0.25, 0.3) is 11.0 Å². The number of morpholine rings is 1. The highest BCUT2D eigenvalue weighted by atomic mass is 16.5. The van der Waals surface area contributed by atoms with E-state index in [0.717, 1.165) is 69.3 Å². The number of likely N-dealkylation sites (N-methyl/N-ethyl adjacent to an activating group) is 1. The summed E-state index contributed by atoms with van der Waals surface area (Å²) in [5, 5.41) is 0. The van der Waals surface area contributed by atoms with Crippen LogP contribution in [0.2, 0.25) is 0 Å². The van der Waals surface area contributed by atoms with Crippen LogP contribution in [0.3, 0.4) is 0 Å². The minimum atomic E-state index is 0.170. The van der Waals surface area contributed by atoms with E-state index in [0.29, 0.717) is 18.5 Å². The van der Waals surface area contributed by atoms with Crippen LogP contribution >= 0.6 is 0 Å². The number of amides is 1. The van der Waals surface area contributed by atoms with E-state index in [4.69, 9.17) is 14.7 Å². The first-order chi connectivity index (χ1) is 14.4. The Kier molecular flexibility index (Phi) is 6.24. The number of nitrogens with zero attached hydrogens (tertiary/aromatic N) is 6. The molecule has 2 aromatic rings. The zero-order valence-electron chi connectivity index (χ0n) is 18.7. The van der Waals surface area contributed by atoms with Crippen LogP contribution in [0, 0.1) is 0 Å². The monoisotopic (exact) mass is 414 g/mol. The number of carbonyl (C=O) groups excluding carboxylic acids is 1. The molecule has 0 N–H and O–H groups in total. The summed E-state index contributed by atoms with van der Waals surface area (Å²) >= 11 is 0. The third-order valence-corrected chi connectivity index (χ3v) is 6.29. The first-order valence-corrected chi connectivity index (χ1v) is 11.1. The van der Waals surface area contributed by atoms with Gasteiger partial charge in [-0.1, -0.05) is 0 Å². The molecule has 30 heavy (non-hydrogen) atoms. The van der Waals surface area contributed by atoms with Crippen molar-refractivity contribution >= 4 is 22.8 Å². The van der Waals surface area contributed by atoms with E-state index in [2.05, 4.69) is 34.3 Å². The van der Waals surface area contributed by atoms with Crippen molar-refractivity contribution in [1.82, 2.24) is 24.3 Å². The van der Waals surface area contributed by atoms with Crippen molar-refractivity contribution in [2.45, 2.75) is 38.6 Å². The van der Waals surface area contributed by atoms with E-state index in [1.54, 1.807) is 4.90 Å². The zero-order valence-corrected chi connectivity index (χ0v) is 18.7. The summed E-state index contributed by atoms with van der Waals surface area (Å²) in [4.78, 5) is 28.2. The van der Waals surface area contributed by atoms with Crippen LogP contribution in [0.15, 0.2) is 12.4 Å². The molecule has 4 rings (SSSR count). The summed E-state index contributed by atoms with van der Waals surface area (Å²) in [6, 6.07) is 2.60. The Hall–Kier alpha value is -2.19. The first-order valence-electron chi connectivity index (χ1n) is 11.1. The van der Waals surface area contributed by atoms with Crippen molar-refractivity contribution in [3.63, 3.8) is 0 Å². The second kappa shape index (κ2) is 8.89. The van der Waals surface area contributed by atoms with Gasteiger partial charge >= 0.3 is 0 Å². The lowest BCUT2D eigenvalue weighted by atomic mass is 9.92. The van der Waals surface area contributed by atoms with E-state index in [1.165, 1.54) is 5.52 Å². The molecule has 2 aromatic heterocycles. The summed E-state index contributed by atoms with van der Waals surface area (Å²) in [6.45, 7) is 9.92. The number of likely N-dealkylation sites (tertiary alicyclic amines) is 1. The van der Waals surface area contributed by atoms with Crippen LogP contribution in [0.1, 0.15) is 44.3 Å². The van der Waals surface area contributed by atoms with Gasteiger partial charge in [-0.2, -0.15) is 0 Å². The van der Waals surface area contributed by atoms with Crippen molar-refractivity contribution in [2.75, 3.05) is 64.9 Å². The molecule has 0 bridgehead atoms. The first kappa shape index (κ1) is 21.1. The van der Waals surface area contributed by atoms with Crippen LogP contribution in [0.4, 0.5) is 5.82 Å². The van der Waals surface area contributed by atoms with E-state index >= 15 is 0 Å². The zero-order chi connectivity index (χ0) is 21.3. The molecule has 1 amide bonds. The number of fused-ring (bicyclic) bond motifs is 1. The number of imidazole rings is 1. The quantitative estimate of drug-likeness (QED) is 0.747. The van der Waals surface area contributed by atoms with Crippen LogP contribution in [0.5, 0.6) is 0 Å². The molecule has 8 nitrogen and oxygen atoms in total. The summed E-state index contributed by atoms with van der Waals surface area (Å²) in [5.41, 5.74) is 3.31. The summed E-state index contributed by atoms with van der Waals surface area (Å²) in [7, 11) is 3.64. The van der Waals surface area contributed by atoms with Gasteiger partial charge in [0, 0.05) is 44.8 Å². The molecule has 0 saturated carbocycles. The number of ether oxygens (including phenoxy) is 1. The Labute approximate surface area is 178 Å². The Morgan fingerprint density at radius 3 is 2.53 bits per heavy atom. The maximum Gasteiger partial charge on any atom is 0.236 e. The van der Waals surface area contributed by atoms with Gasteiger partial charge in [0.25, 0.3) is 0 Å². The minimum Gasteiger partial charge on any atom is -0.378 e. The number of hydrogen-bond acceptors (Lipinski definition) is 6. The molecule has 2 aliphatic rings. The van der Waals surface area contributed by atoms with Crippen molar-refractivity contribution in [2.24, 2.45) is 0 Å². The number of hydrogen-bond donors (Lipinski definition) is 0. The van der Waals surface area contributed by atoms with Gasteiger partial charge in [-0.05, 0) is 45.8 Å². The smallest absolute Gasteiger partial charge is 0.236 e. The molecule has 2 aliphatic heterocycles. The molecular weight excluding hydrogens is 380 g/mol. The second-order valence-corrected chi connectivity index (χ2v) is 8.92. The molecule has 0 aromatic carbocycles. The van der Waals surface area contributed by atoms with E-state index < -0.39 is 0 Å². The van der Waals surface area contributed by atoms with Crippen molar-refractivity contribution < 1.29 is 9.53 Å². The van der Waals surface area contributed by atoms with Gasteiger partial charge in [0.15, 0.2) is 5.82 Å². The number of rotatable bonds is 5. The number of pyridine rings is 1. The Balaban J connectivity index is 1.59. The topological polar surface area (TPSA) is 66.7 Å². The van der Waals surface area contributed by atoms with Gasteiger partial charge in [0.05, 0.1) is 31.6 Å². The summed E-state index contributed by atoms with van der Waals surface area (Å²) in [6.07, 6.45) is 4.00. The second-order valence-electron chi connectivity index (χ2n) is 8.92. The average Bonchev–Trinajstić information content (AvgIpc) is 3.18. The third kappa shape index (κ3) is 4.30. The van der Waals surface area contributed by atoms with Crippen LogP contribution in [-0.2, 0) is 9.53 Å². The van der Waals surface area contributed by atoms with Crippen LogP contribution in [-0.4, -0.2) is 90.3 Å². The number of carbonyl (C=O) groups is 1. The predicted molar refractivity (Wildman–Crippen MR) is 118 cm³/mol.